The van der Waals surface area contributed by atoms with E-state index < -0.39 is 0 Å². The molecule has 0 atom stereocenters. The summed E-state index contributed by atoms with van der Waals surface area (Å²) in [4.78, 5) is 13.3. The Morgan fingerprint density at radius 2 is 1.94 bits per heavy atom. The fraction of sp³-hybridized carbons (Fsp3) is 0.273. The molecule has 2 aromatic carbocycles. The van der Waals surface area contributed by atoms with Gasteiger partial charge in [-0.3, -0.25) is 4.79 Å². The highest BCUT2D eigenvalue weighted by molar-refractivity contribution is 7.19. The predicted molar refractivity (Wildman–Crippen MR) is 125 cm³/mol. The van der Waals surface area contributed by atoms with E-state index in [1.165, 1.54) is 11.3 Å². The van der Waals surface area contributed by atoms with Crippen molar-refractivity contribution >= 4 is 39.5 Å². The Morgan fingerprint density at radius 1 is 1.19 bits per heavy atom. The monoisotopic (exact) mass is 471 g/mol. The number of aromatic nitrogens is 4. The molecule has 0 saturated heterocycles. The Morgan fingerprint density at radius 3 is 2.62 bits per heavy atom. The van der Waals surface area contributed by atoms with Crippen LogP contribution in [0.3, 0.4) is 0 Å². The molecule has 0 aliphatic carbocycles. The average molecular weight is 472 g/mol. The average Bonchev–Trinajstić information content (AvgIpc) is 3.36. The highest BCUT2D eigenvalue weighted by Gasteiger charge is 2.15. The summed E-state index contributed by atoms with van der Waals surface area (Å²) < 4.78 is 12.8. The largest absolute Gasteiger partial charge is 0.495 e. The van der Waals surface area contributed by atoms with Gasteiger partial charge in [0.1, 0.15) is 16.5 Å². The molecule has 0 fully saturated rings. The summed E-state index contributed by atoms with van der Waals surface area (Å²) in [5, 5.41) is 17.2. The lowest BCUT2D eigenvalue weighted by Gasteiger charge is -2.13. The van der Waals surface area contributed by atoms with Crippen LogP contribution < -0.4 is 14.8 Å². The highest BCUT2D eigenvalue weighted by Crippen LogP contribution is 2.33. The Bertz CT molecular complexity index is 1280. The topological polar surface area (TPSA) is 90.6 Å². The van der Waals surface area contributed by atoms with Crippen LogP contribution >= 0.6 is 22.9 Å². The molecule has 4 rings (SSSR count). The first-order valence-corrected chi connectivity index (χ1v) is 11.2. The second-order valence-electron chi connectivity index (χ2n) is 7.19. The minimum absolute atomic E-state index is 0.148. The number of hydrogen-bond donors (Lipinski definition) is 1. The maximum atomic E-state index is 12.6. The van der Waals surface area contributed by atoms with E-state index in [1.54, 1.807) is 17.7 Å². The Kier molecular flexibility index (Phi) is 6.29. The van der Waals surface area contributed by atoms with Gasteiger partial charge in [-0.05, 0) is 55.3 Å². The second-order valence-corrected chi connectivity index (χ2v) is 8.53. The molecule has 32 heavy (non-hydrogen) atoms. The van der Waals surface area contributed by atoms with Crippen molar-refractivity contribution in [3.8, 4) is 22.1 Å². The van der Waals surface area contributed by atoms with Crippen LogP contribution in [0.1, 0.15) is 23.9 Å². The van der Waals surface area contributed by atoms with Gasteiger partial charge in [-0.1, -0.05) is 29.9 Å². The number of benzene rings is 2. The summed E-state index contributed by atoms with van der Waals surface area (Å²) in [6.45, 7) is 5.65. The van der Waals surface area contributed by atoms with Gasteiger partial charge in [0.05, 0.1) is 12.8 Å². The van der Waals surface area contributed by atoms with Crippen LogP contribution in [-0.2, 0) is 11.2 Å². The van der Waals surface area contributed by atoms with E-state index in [1.807, 2.05) is 45.0 Å². The van der Waals surface area contributed by atoms with E-state index in [9.17, 15) is 4.79 Å². The fourth-order valence-electron chi connectivity index (χ4n) is 3.26. The molecule has 2 aromatic heterocycles. The summed E-state index contributed by atoms with van der Waals surface area (Å²) in [5.74, 6) is 1.62. The molecule has 0 aliphatic rings. The Labute approximate surface area is 194 Å². The standard InChI is InChI=1S/C22H22ClN5O3S/c1-5-18-25-26-22-28(18)27-21(32-22)14-6-7-17(30-4)16(10-14)24-19(29)11-31-15-8-12(2)20(23)13(3)9-15/h6-10H,5,11H2,1-4H3,(H,24,29). The first kappa shape index (κ1) is 22.0. The van der Waals surface area contributed by atoms with E-state index in [-0.39, 0.29) is 12.5 Å². The molecular formula is C22H22ClN5O3S. The van der Waals surface area contributed by atoms with Crippen molar-refractivity contribution in [3.05, 3.63) is 52.3 Å². The van der Waals surface area contributed by atoms with Crippen molar-refractivity contribution in [2.75, 3.05) is 19.0 Å². The van der Waals surface area contributed by atoms with E-state index in [0.717, 1.165) is 38.9 Å². The molecule has 0 aliphatic heterocycles. The van der Waals surface area contributed by atoms with Gasteiger partial charge in [0.15, 0.2) is 12.4 Å². The van der Waals surface area contributed by atoms with Gasteiger partial charge >= 0.3 is 0 Å². The van der Waals surface area contributed by atoms with Crippen LogP contribution in [0.15, 0.2) is 30.3 Å². The van der Waals surface area contributed by atoms with Crippen molar-refractivity contribution in [1.82, 2.24) is 19.8 Å². The molecule has 1 amide bonds. The number of carbonyl (C=O) groups is 1. The molecule has 10 heteroatoms. The lowest BCUT2D eigenvalue weighted by atomic mass is 10.1. The Balaban J connectivity index is 1.52. The number of carbonyl (C=O) groups excluding carboxylic acids is 1. The Hall–Kier alpha value is -3.17. The van der Waals surface area contributed by atoms with Crippen molar-refractivity contribution in [2.45, 2.75) is 27.2 Å². The molecule has 0 spiro atoms. The van der Waals surface area contributed by atoms with E-state index in [0.29, 0.717) is 22.2 Å². The quantitative estimate of drug-likeness (QED) is 0.419. The zero-order chi connectivity index (χ0) is 22.8. The number of anilines is 1. The number of nitrogens with zero attached hydrogens (tertiary/aromatic N) is 4. The number of fused-ring (bicyclic) bond motifs is 1. The molecule has 0 saturated carbocycles. The van der Waals surface area contributed by atoms with Gasteiger partial charge in [-0.25, -0.2) is 0 Å². The van der Waals surface area contributed by atoms with Crippen molar-refractivity contribution in [3.63, 3.8) is 0 Å². The van der Waals surface area contributed by atoms with Gasteiger partial charge in [0, 0.05) is 17.0 Å². The third-order valence-corrected chi connectivity index (χ3v) is 6.42. The molecular weight excluding hydrogens is 450 g/mol. The highest BCUT2D eigenvalue weighted by atomic mass is 35.5. The number of aryl methyl sites for hydroxylation is 3. The van der Waals surface area contributed by atoms with E-state index >= 15 is 0 Å². The van der Waals surface area contributed by atoms with Crippen LogP contribution in [-0.4, -0.2) is 39.4 Å². The lowest BCUT2D eigenvalue weighted by Crippen LogP contribution is -2.20. The van der Waals surface area contributed by atoms with Gasteiger partial charge in [-0.15, -0.1) is 10.2 Å². The number of methoxy groups -OCH3 is 1. The molecule has 0 radical (unpaired) electrons. The van der Waals surface area contributed by atoms with Crippen LogP contribution in [0.2, 0.25) is 5.02 Å². The number of amides is 1. The summed E-state index contributed by atoms with van der Waals surface area (Å²) in [6.07, 6.45) is 0.737. The number of hydrogen-bond acceptors (Lipinski definition) is 7. The van der Waals surface area contributed by atoms with Gasteiger partial charge in [0.2, 0.25) is 4.96 Å². The molecule has 8 nitrogen and oxygen atoms in total. The van der Waals surface area contributed by atoms with Crippen molar-refractivity contribution in [1.29, 1.82) is 0 Å². The minimum atomic E-state index is -0.308. The number of ether oxygens (including phenoxy) is 2. The predicted octanol–water partition coefficient (Wildman–Crippen LogP) is 4.71. The molecule has 4 aromatic rings. The zero-order valence-corrected chi connectivity index (χ0v) is 19.7. The van der Waals surface area contributed by atoms with Crippen LogP contribution in [0.25, 0.3) is 15.5 Å². The van der Waals surface area contributed by atoms with E-state index in [4.69, 9.17) is 21.1 Å². The molecule has 166 valence electrons. The van der Waals surface area contributed by atoms with E-state index in [2.05, 4.69) is 20.6 Å². The van der Waals surface area contributed by atoms with Crippen molar-refractivity contribution in [2.24, 2.45) is 0 Å². The minimum Gasteiger partial charge on any atom is -0.495 e. The first-order valence-electron chi connectivity index (χ1n) is 9.98. The zero-order valence-electron chi connectivity index (χ0n) is 18.1. The molecule has 0 unspecified atom stereocenters. The third-order valence-electron chi connectivity index (χ3n) is 4.87. The molecule has 1 N–H and O–H groups in total. The summed E-state index contributed by atoms with van der Waals surface area (Å²) in [6, 6.07) is 9.12. The third kappa shape index (κ3) is 4.39. The maximum absolute atomic E-state index is 12.6. The summed E-state index contributed by atoms with van der Waals surface area (Å²) in [7, 11) is 1.55. The summed E-state index contributed by atoms with van der Waals surface area (Å²) >= 11 is 7.62. The van der Waals surface area contributed by atoms with Gasteiger partial charge < -0.3 is 14.8 Å². The lowest BCUT2D eigenvalue weighted by molar-refractivity contribution is -0.118. The smallest absolute Gasteiger partial charge is 0.262 e. The summed E-state index contributed by atoms with van der Waals surface area (Å²) in [5.41, 5.74) is 3.16. The van der Waals surface area contributed by atoms with Gasteiger partial charge in [-0.2, -0.15) is 9.61 Å². The maximum Gasteiger partial charge on any atom is 0.262 e. The SMILES string of the molecule is CCc1nnc2sc(-c3ccc(OC)c(NC(=O)COc4cc(C)c(Cl)c(C)c4)c3)nn12. The van der Waals surface area contributed by atoms with Crippen LogP contribution in [0.4, 0.5) is 5.69 Å². The first-order chi connectivity index (χ1) is 15.4. The number of rotatable bonds is 7. The second kappa shape index (κ2) is 9.13. The number of halogens is 1. The van der Waals surface area contributed by atoms with Gasteiger partial charge in [0.25, 0.3) is 5.91 Å². The molecule has 2 heterocycles. The number of nitrogens with one attached hydrogen (secondary N) is 1. The molecule has 0 bridgehead atoms. The fourth-order valence-corrected chi connectivity index (χ4v) is 4.22. The normalized spacial score (nSPS) is 11.0. The van der Waals surface area contributed by atoms with Crippen molar-refractivity contribution < 1.29 is 14.3 Å². The van der Waals surface area contributed by atoms with Crippen LogP contribution in [0, 0.1) is 13.8 Å². The van der Waals surface area contributed by atoms with Crippen LogP contribution in [0.5, 0.6) is 11.5 Å².